The predicted octanol–water partition coefficient (Wildman–Crippen LogP) is 3.50. The Morgan fingerprint density at radius 2 is 1.56 bits per heavy atom. The van der Waals surface area contributed by atoms with Crippen LogP contribution in [0.4, 0.5) is 4.39 Å². The van der Waals surface area contributed by atoms with Gasteiger partial charge in [-0.15, -0.1) is 0 Å². The Labute approximate surface area is 104 Å². The Hall–Kier alpha value is -1.48. The highest BCUT2D eigenvalue weighted by atomic mass is 31.2. The molecule has 0 aromatic heterocycles. The molecule has 2 N–H and O–H groups in total. The lowest BCUT2D eigenvalue weighted by molar-refractivity contribution is 0.303. The lowest BCUT2D eigenvalue weighted by atomic mass is 10.0. The molecule has 2 aromatic rings. The van der Waals surface area contributed by atoms with Crippen LogP contribution in [0.3, 0.4) is 0 Å². The zero-order valence-corrected chi connectivity index (χ0v) is 10.3. The maximum atomic E-state index is 13.6. The summed E-state index contributed by atoms with van der Waals surface area (Å²) < 4.78 is 24.5. The monoisotopic (exact) mass is 266 g/mol. The molecule has 0 aliphatic rings. The van der Waals surface area contributed by atoms with Gasteiger partial charge in [0.2, 0.25) is 5.91 Å². The van der Waals surface area contributed by atoms with Crippen molar-refractivity contribution in [3.8, 4) is 11.1 Å². The molecule has 0 bridgehead atoms. The van der Waals surface area contributed by atoms with E-state index in [0.29, 0.717) is 0 Å². The Morgan fingerprint density at radius 3 is 2.17 bits per heavy atom. The first kappa shape index (κ1) is 13.0. The van der Waals surface area contributed by atoms with Gasteiger partial charge in [-0.2, -0.15) is 0 Å². The van der Waals surface area contributed by atoms with Crippen molar-refractivity contribution in [2.45, 2.75) is 5.91 Å². The summed E-state index contributed by atoms with van der Waals surface area (Å²) in [7, 11) is -4.76. The van der Waals surface area contributed by atoms with Gasteiger partial charge in [-0.25, -0.2) is 4.39 Å². The fourth-order valence-corrected chi connectivity index (χ4v) is 2.24. The Bertz CT molecular complexity index is 580. The van der Waals surface area contributed by atoms with Crippen molar-refractivity contribution >= 4 is 7.60 Å². The second-order valence-corrected chi connectivity index (χ2v) is 5.55. The minimum absolute atomic E-state index is 0.00955. The molecular formula is C13H12FO3P. The maximum absolute atomic E-state index is 13.6. The average molecular weight is 266 g/mol. The van der Waals surface area contributed by atoms with Crippen molar-refractivity contribution in [3.05, 3.63) is 60.2 Å². The van der Waals surface area contributed by atoms with Gasteiger partial charge < -0.3 is 9.79 Å². The van der Waals surface area contributed by atoms with Crippen LogP contribution in [0, 0.1) is 0 Å². The molecule has 2 rings (SSSR count). The van der Waals surface area contributed by atoms with Crippen LogP contribution in [-0.2, 0) is 4.57 Å². The van der Waals surface area contributed by atoms with Gasteiger partial charge in [-0.1, -0.05) is 48.5 Å². The smallest absolute Gasteiger partial charge is 0.322 e. The maximum Gasteiger partial charge on any atom is 0.363 e. The number of hydrogen-bond donors (Lipinski definition) is 2. The van der Waals surface area contributed by atoms with E-state index < -0.39 is 13.5 Å². The van der Waals surface area contributed by atoms with E-state index in [0.717, 1.165) is 11.1 Å². The molecule has 2 aromatic carbocycles. The molecule has 0 spiro atoms. The third-order valence-electron chi connectivity index (χ3n) is 2.56. The lowest BCUT2D eigenvalue weighted by Gasteiger charge is -2.11. The first-order valence-corrected chi connectivity index (χ1v) is 7.01. The fourth-order valence-electron chi connectivity index (χ4n) is 1.69. The summed E-state index contributed by atoms with van der Waals surface area (Å²) in [6.45, 7) is 0. The molecule has 18 heavy (non-hydrogen) atoms. The van der Waals surface area contributed by atoms with E-state index in [1.807, 2.05) is 30.3 Å². The van der Waals surface area contributed by atoms with Crippen LogP contribution in [0.2, 0.25) is 0 Å². The zero-order chi connectivity index (χ0) is 13.2. The number of alkyl halides is 1. The molecule has 0 aliphatic heterocycles. The third kappa shape index (κ3) is 2.85. The van der Waals surface area contributed by atoms with Gasteiger partial charge in [0.25, 0.3) is 0 Å². The van der Waals surface area contributed by atoms with Crippen molar-refractivity contribution < 1.29 is 18.7 Å². The summed E-state index contributed by atoms with van der Waals surface area (Å²) in [5, 5.41) is 0. The van der Waals surface area contributed by atoms with Crippen molar-refractivity contribution in [3.63, 3.8) is 0 Å². The summed E-state index contributed by atoms with van der Waals surface area (Å²) in [6.07, 6.45) is 0. The van der Waals surface area contributed by atoms with Gasteiger partial charge in [0.1, 0.15) is 0 Å². The molecule has 94 valence electrons. The molecule has 3 nitrogen and oxygen atoms in total. The predicted molar refractivity (Wildman–Crippen MR) is 67.8 cm³/mol. The second-order valence-electron chi connectivity index (χ2n) is 3.92. The number of rotatable bonds is 3. The molecule has 0 fully saturated rings. The van der Waals surface area contributed by atoms with Gasteiger partial charge in [0.15, 0.2) is 0 Å². The molecule has 0 saturated carbocycles. The Balaban J connectivity index is 2.40. The van der Waals surface area contributed by atoms with Gasteiger partial charge in [-0.05, 0) is 22.8 Å². The number of hydrogen-bond acceptors (Lipinski definition) is 1. The largest absolute Gasteiger partial charge is 0.363 e. The van der Waals surface area contributed by atoms with Crippen LogP contribution in [0.15, 0.2) is 54.6 Å². The molecule has 0 heterocycles. The minimum atomic E-state index is -4.76. The van der Waals surface area contributed by atoms with Gasteiger partial charge in [0.05, 0.1) is 0 Å². The fraction of sp³-hybridized carbons (Fsp3) is 0.0769. The molecule has 0 saturated heterocycles. The van der Waals surface area contributed by atoms with Crippen molar-refractivity contribution in [2.24, 2.45) is 0 Å². The summed E-state index contributed by atoms with van der Waals surface area (Å²) in [6, 6.07) is 15.4. The summed E-state index contributed by atoms with van der Waals surface area (Å²) in [5.74, 6) is -2.28. The average Bonchev–Trinajstić information content (AvgIpc) is 2.38. The van der Waals surface area contributed by atoms with E-state index in [1.165, 1.54) is 12.1 Å². The quantitative estimate of drug-likeness (QED) is 0.836. The zero-order valence-electron chi connectivity index (χ0n) is 9.40. The van der Waals surface area contributed by atoms with Crippen molar-refractivity contribution in [1.29, 1.82) is 0 Å². The lowest BCUT2D eigenvalue weighted by Crippen LogP contribution is -1.93. The molecule has 5 heteroatoms. The SMILES string of the molecule is O=P(O)(O)[C@@H](F)c1cccc(-c2ccccc2)c1. The minimum Gasteiger partial charge on any atom is -0.322 e. The molecule has 0 radical (unpaired) electrons. The first-order valence-electron chi connectivity index (χ1n) is 5.33. The van der Waals surface area contributed by atoms with Crippen molar-refractivity contribution in [2.75, 3.05) is 0 Å². The van der Waals surface area contributed by atoms with Gasteiger partial charge in [0, 0.05) is 0 Å². The summed E-state index contributed by atoms with van der Waals surface area (Å²) in [4.78, 5) is 17.7. The normalized spacial score (nSPS) is 13.3. The van der Waals surface area contributed by atoms with Gasteiger partial charge in [-0.3, -0.25) is 4.57 Å². The number of halogens is 1. The van der Waals surface area contributed by atoms with E-state index >= 15 is 0 Å². The highest BCUT2D eigenvalue weighted by Crippen LogP contribution is 2.52. The molecule has 0 amide bonds. The molecule has 0 unspecified atom stereocenters. The second kappa shape index (κ2) is 5.02. The van der Waals surface area contributed by atoms with E-state index in [-0.39, 0.29) is 5.56 Å². The van der Waals surface area contributed by atoms with E-state index in [1.54, 1.807) is 12.1 Å². The molecule has 1 atom stereocenters. The van der Waals surface area contributed by atoms with E-state index in [4.69, 9.17) is 9.79 Å². The third-order valence-corrected chi connectivity index (χ3v) is 3.45. The van der Waals surface area contributed by atoms with E-state index in [9.17, 15) is 8.96 Å². The van der Waals surface area contributed by atoms with Crippen LogP contribution in [0.25, 0.3) is 11.1 Å². The highest BCUT2D eigenvalue weighted by Gasteiger charge is 2.30. The Kier molecular flexibility index (Phi) is 3.62. The van der Waals surface area contributed by atoms with Crippen LogP contribution in [-0.4, -0.2) is 9.79 Å². The molecule has 0 aliphatic carbocycles. The first-order chi connectivity index (χ1) is 8.48. The van der Waals surface area contributed by atoms with Crippen molar-refractivity contribution in [1.82, 2.24) is 0 Å². The topological polar surface area (TPSA) is 57.5 Å². The van der Waals surface area contributed by atoms with Crippen LogP contribution < -0.4 is 0 Å². The summed E-state index contributed by atoms with van der Waals surface area (Å²) in [5.41, 5.74) is 1.59. The van der Waals surface area contributed by atoms with E-state index in [2.05, 4.69) is 0 Å². The highest BCUT2D eigenvalue weighted by molar-refractivity contribution is 7.51. The molecular weight excluding hydrogens is 254 g/mol. The van der Waals surface area contributed by atoms with Crippen LogP contribution >= 0.6 is 7.60 Å². The Morgan fingerprint density at radius 1 is 0.944 bits per heavy atom. The number of benzene rings is 2. The van der Waals surface area contributed by atoms with Crippen LogP contribution in [0.5, 0.6) is 0 Å². The van der Waals surface area contributed by atoms with Crippen LogP contribution in [0.1, 0.15) is 11.5 Å². The standard InChI is InChI=1S/C13H12FO3P/c14-13(18(15,16)17)12-8-4-7-11(9-12)10-5-2-1-3-6-10/h1-9,13H,(H2,15,16,17)/t13-/m1/s1. The summed E-state index contributed by atoms with van der Waals surface area (Å²) >= 11 is 0. The van der Waals surface area contributed by atoms with Gasteiger partial charge >= 0.3 is 7.60 Å².